The molecule has 0 atom stereocenters. The van der Waals surface area contributed by atoms with Crippen LogP contribution in [0.3, 0.4) is 0 Å². The van der Waals surface area contributed by atoms with Gasteiger partial charge in [-0.05, 0) is 65.1 Å². The molecule has 0 nitrogen and oxygen atoms in total. The zero-order chi connectivity index (χ0) is 40.3. The van der Waals surface area contributed by atoms with Crippen molar-refractivity contribution in [2.24, 2.45) is 0 Å². The van der Waals surface area contributed by atoms with Crippen molar-refractivity contribution in [1.82, 2.24) is 0 Å². The second kappa shape index (κ2) is 11.4. The van der Waals surface area contributed by atoms with Crippen LogP contribution < -0.4 is 0 Å². The Kier molecular flexibility index (Phi) is 9.73. The molecule has 0 unspecified atom stereocenters. The Morgan fingerprint density at radius 1 is 0.294 bits per heavy atom. The van der Waals surface area contributed by atoms with Crippen LogP contribution in [0.25, 0.3) is 15.6 Å². The molecule has 3 heterocycles. The maximum Gasteiger partial charge on any atom is 0.119 e. The highest BCUT2D eigenvalue weighted by atomic mass is 28.4. The summed E-state index contributed by atoms with van der Waals surface area (Å²) < 4.78 is 0. The summed E-state index contributed by atoms with van der Waals surface area (Å²) in [6.07, 6.45) is 0. The molecule has 0 saturated carbocycles. The van der Waals surface area contributed by atoms with Gasteiger partial charge in [-0.25, -0.2) is 0 Å². The topological polar surface area (TPSA) is 0 Å². The fourth-order valence-electron chi connectivity index (χ4n) is 13.7. The second-order valence-electron chi connectivity index (χ2n) is 26.5. The normalized spacial score (nSPS) is 21.5. The van der Waals surface area contributed by atoms with Gasteiger partial charge in [-0.3, -0.25) is 0 Å². The Morgan fingerprint density at radius 3 is 0.510 bits per heavy atom. The SMILES string of the molecule is CC(C)(C)[Si]1(C(C)(C)C)C(c2cc(C3=C([Si](C)(C)C)[Si]3(C(C)(C)C)C(C)(C)C)cc(C3=C([Si](C)(C)C)[Si]3(C(C)(C)C)C(C)(C)C)c2)=C1[Si](C)(C)C. The fourth-order valence-corrected chi connectivity index (χ4v) is 63.0. The van der Waals surface area contributed by atoms with Crippen molar-refractivity contribution in [3.05, 3.63) is 49.3 Å². The Balaban J connectivity index is 2.28. The minimum absolute atomic E-state index is 0.279. The van der Waals surface area contributed by atoms with Gasteiger partial charge in [-0.2, -0.15) is 0 Å². The molecule has 288 valence electrons. The molecular weight excluding hydrogens is 709 g/mol. The Hall–Kier alpha value is -0.259. The minimum atomic E-state index is -1.99. The summed E-state index contributed by atoms with van der Waals surface area (Å²) >= 11 is 0. The van der Waals surface area contributed by atoms with Crippen molar-refractivity contribution in [3.63, 3.8) is 0 Å². The van der Waals surface area contributed by atoms with E-state index >= 15 is 0 Å². The van der Waals surface area contributed by atoms with E-state index in [0.29, 0.717) is 0 Å². The van der Waals surface area contributed by atoms with Gasteiger partial charge >= 0.3 is 0 Å². The van der Waals surface area contributed by atoms with Crippen LogP contribution in [-0.2, 0) is 0 Å². The quantitative estimate of drug-likeness (QED) is 0.252. The molecule has 1 aromatic rings. The van der Waals surface area contributed by atoms with Gasteiger partial charge < -0.3 is 0 Å². The molecule has 3 aliphatic rings. The van der Waals surface area contributed by atoms with Gasteiger partial charge in [0.1, 0.15) is 24.2 Å². The second-order valence-corrected chi connectivity index (χ2v) is 59.5. The van der Waals surface area contributed by atoms with Crippen LogP contribution >= 0.6 is 0 Å². The van der Waals surface area contributed by atoms with Crippen LogP contribution in [0.1, 0.15) is 141 Å². The van der Waals surface area contributed by atoms with E-state index < -0.39 is 48.4 Å². The van der Waals surface area contributed by atoms with Crippen LogP contribution in [0.5, 0.6) is 0 Å². The monoisotopic (exact) mass is 793 g/mol. The van der Waals surface area contributed by atoms with Crippen molar-refractivity contribution < 1.29 is 0 Å². The molecule has 0 bridgehead atoms. The molecule has 0 fully saturated rings. The van der Waals surface area contributed by atoms with Crippen LogP contribution in [0.4, 0.5) is 0 Å². The number of benzene rings is 1. The lowest BCUT2D eigenvalue weighted by atomic mass is 10.1. The molecular formula is C45H84Si6. The smallest absolute Gasteiger partial charge is 0.0850 e. The van der Waals surface area contributed by atoms with Crippen molar-refractivity contribution in [2.45, 2.75) is 214 Å². The molecule has 0 spiro atoms. The number of hydrogen-bond acceptors (Lipinski definition) is 0. The summed E-state index contributed by atoms with van der Waals surface area (Å²) in [6.45, 7) is 70.9. The van der Waals surface area contributed by atoms with E-state index in [-0.39, 0.29) is 30.2 Å². The lowest BCUT2D eigenvalue weighted by Gasteiger charge is -2.45. The van der Waals surface area contributed by atoms with E-state index in [1.165, 1.54) is 0 Å². The van der Waals surface area contributed by atoms with E-state index in [1.807, 2.05) is 30.0 Å². The maximum absolute atomic E-state index is 2.81. The van der Waals surface area contributed by atoms with Crippen LogP contribution in [0.2, 0.25) is 89.2 Å². The third kappa shape index (κ3) is 5.98. The summed E-state index contributed by atoms with van der Waals surface area (Å²) in [5.41, 5.74) is 4.91. The predicted molar refractivity (Wildman–Crippen MR) is 253 cm³/mol. The lowest BCUT2D eigenvalue weighted by molar-refractivity contribution is 0.643. The van der Waals surface area contributed by atoms with Gasteiger partial charge in [0, 0.05) is 0 Å². The zero-order valence-electron chi connectivity index (χ0n) is 39.2. The first-order valence-corrected chi connectivity index (χ1v) is 37.0. The molecule has 0 amide bonds. The average Bonchev–Trinajstić information content (AvgIpc) is 3.70. The fraction of sp³-hybridized carbons (Fsp3) is 0.733. The van der Waals surface area contributed by atoms with Gasteiger partial charge in [0.2, 0.25) is 0 Å². The molecule has 4 rings (SSSR count). The summed E-state index contributed by atoms with van der Waals surface area (Å²) in [5, 5.41) is 7.28. The molecule has 0 saturated heterocycles. The molecule has 0 aliphatic carbocycles. The minimum Gasteiger partial charge on any atom is -0.0850 e. The standard InChI is InChI=1S/C45H84Si6/c1-40(2,3)49(41(4,5)6)34(37(49)46(19,20)21)31-28-32(35-38(47(22,23)24)50(35,42(7,8)9)43(10,11)12)30-33(29-31)36-39(48(25,26)27)51(36,44(13,14)15)45(16,17)18/h28-30H,1-27H3. The van der Waals surface area contributed by atoms with E-state index in [0.717, 1.165) is 0 Å². The van der Waals surface area contributed by atoms with Crippen molar-refractivity contribution >= 4 is 64.0 Å². The molecule has 0 radical (unpaired) electrons. The van der Waals surface area contributed by atoms with Gasteiger partial charge in [0.25, 0.3) is 0 Å². The summed E-state index contributed by atoms with van der Waals surface area (Å²) in [4.78, 5) is 5.94. The third-order valence-electron chi connectivity index (χ3n) is 13.6. The molecule has 3 aliphatic heterocycles. The van der Waals surface area contributed by atoms with Crippen LogP contribution in [-0.4, -0.2) is 48.4 Å². The lowest BCUT2D eigenvalue weighted by Crippen LogP contribution is -2.47. The van der Waals surface area contributed by atoms with Gasteiger partial charge in [-0.15, -0.1) is 0 Å². The largest absolute Gasteiger partial charge is 0.119 e. The average molecular weight is 794 g/mol. The highest BCUT2D eigenvalue weighted by molar-refractivity contribution is 7.31. The molecule has 51 heavy (non-hydrogen) atoms. The van der Waals surface area contributed by atoms with Gasteiger partial charge in [0.15, 0.2) is 0 Å². The van der Waals surface area contributed by atoms with Crippen molar-refractivity contribution in [2.75, 3.05) is 0 Å². The van der Waals surface area contributed by atoms with E-state index in [1.54, 1.807) is 16.7 Å². The first kappa shape index (κ1) is 43.5. The van der Waals surface area contributed by atoms with Crippen LogP contribution in [0.15, 0.2) is 32.7 Å². The highest BCUT2D eigenvalue weighted by Gasteiger charge is 2.73. The Labute approximate surface area is 325 Å². The van der Waals surface area contributed by atoms with E-state index in [4.69, 9.17) is 0 Å². The molecule has 0 N–H and O–H groups in total. The van der Waals surface area contributed by atoms with Crippen LogP contribution in [0, 0.1) is 0 Å². The maximum atomic E-state index is 2.81. The first-order valence-electron chi connectivity index (χ1n) is 20.5. The summed E-state index contributed by atoms with van der Waals surface area (Å²) in [6, 6.07) is 8.42. The Morgan fingerprint density at radius 2 is 0.431 bits per heavy atom. The predicted octanol–water partition coefficient (Wildman–Crippen LogP) is 16.0. The first-order chi connectivity index (χ1) is 22.0. The highest BCUT2D eigenvalue weighted by Crippen LogP contribution is 2.76. The zero-order valence-corrected chi connectivity index (χ0v) is 45.2. The number of hydrogen-bond donors (Lipinski definition) is 0. The van der Waals surface area contributed by atoms with Crippen molar-refractivity contribution in [1.29, 1.82) is 0 Å². The van der Waals surface area contributed by atoms with Gasteiger partial charge in [-0.1, -0.05) is 214 Å². The molecule has 1 aromatic carbocycles. The van der Waals surface area contributed by atoms with Gasteiger partial charge in [0.05, 0.1) is 24.2 Å². The third-order valence-corrected chi connectivity index (χ3v) is 49.4. The summed E-state index contributed by atoms with van der Waals surface area (Å²) in [5.74, 6) is 0. The number of rotatable bonds is 6. The molecule has 6 heteroatoms. The Bertz CT molecular complexity index is 1460. The van der Waals surface area contributed by atoms with E-state index in [2.05, 4.69) is 202 Å². The summed E-state index contributed by atoms with van der Waals surface area (Å²) in [7, 11) is -10.8. The van der Waals surface area contributed by atoms with Crippen molar-refractivity contribution in [3.8, 4) is 0 Å². The van der Waals surface area contributed by atoms with E-state index in [9.17, 15) is 0 Å². The molecule has 0 aromatic heterocycles.